The molecule has 1 aromatic rings. The number of para-hydroxylation sites is 1. The fourth-order valence-electron chi connectivity index (χ4n) is 0.921. The lowest BCUT2D eigenvalue weighted by Crippen LogP contribution is -2.39. The highest BCUT2D eigenvalue weighted by Gasteiger charge is 1.93. The fraction of sp³-hybridized carbons (Fsp3) is 0.182. The molecular weight excluding hydrogens is 222 g/mol. The second-order valence-corrected chi connectivity index (χ2v) is 3.23. The fourth-order valence-corrected chi connectivity index (χ4v) is 1.03. The standard InChI is InChI=1S/C11H13N3OS/c1-2-8-15-9-12-11(16)14-13-10-6-4-3-5-7-10/h1,3-7,13H,8-9H2,(H2,12,14,16). The molecule has 0 fully saturated rings. The SMILES string of the molecule is C#CCOCNC(=S)NNc1ccccc1. The number of benzene rings is 1. The predicted molar refractivity (Wildman–Crippen MR) is 68.6 cm³/mol. The van der Waals surface area contributed by atoms with Gasteiger partial charge in [-0.2, -0.15) is 0 Å². The molecule has 0 radical (unpaired) electrons. The average molecular weight is 235 g/mol. The summed E-state index contributed by atoms with van der Waals surface area (Å²) < 4.78 is 5.00. The van der Waals surface area contributed by atoms with Crippen LogP contribution < -0.4 is 16.2 Å². The molecule has 16 heavy (non-hydrogen) atoms. The van der Waals surface area contributed by atoms with Gasteiger partial charge in [0.15, 0.2) is 5.11 Å². The van der Waals surface area contributed by atoms with Gasteiger partial charge in [-0.05, 0) is 24.4 Å². The van der Waals surface area contributed by atoms with Crippen molar-refractivity contribution in [1.29, 1.82) is 0 Å². The van der Waals surface area contributed by atoms with Crippen LogP contribution in [0.3, 0.4) is 0 Å². The van der Waals surface area contributed by atoms with E-state index in [1.165, 1.54) is 0 Å². The van der Waals surface area contributed by atoms with Crippen LogP contribution in [-0.4, -0.2) is 18.5 Å². The predicted octanol–water partition coefficient (Wildman–Crippen LogP) is 1.08. The molecule has 3 N–H and O–H groups in total. The minimum absolute atomic E-state index is 0.266. The van der Waals surface area contributed by atoms with Crippen molar-refractivity contribution in [3.63, 3.8) is 0 Å². The highest BCUT2D eigenvalue weighted by molar-refractivity contribution is 7.80. The molecule has 0 bridgehead atoms. The Labute approximate surface area is 100 Å². The lowest BCUT2D eigenvalue weighted by molar-refractivity contribution is 0.161. The van der Waals surface area contributed by atoms with Crippen molar-refractivity contribution in [1.82, 2.24) is 10.7 Å². The normalized spacial score (nSPS) is 8.94. The van der Waals surface area contributed by atoms with Gasteiger partial charge in [0.25, 0.3) is 0 Å². The number of rotatable bonds is 5. The van der Waals surface area contributed by atoms with Crippen LogP contribution in [0.1, 0.15) is 0 Å². The summed E-state index contributed by atoms with van der Waals surface area (Å²) in [5, 5.41) is 3.27. The van der Waals surface area contributed by atoms with Crippen LogP contribution in [-0.2, 0) is 4.74 Å². The lowest BCUT2D eigenvalue weighted by Gasteiger charge is -2.11. The Kier molecular flexibility index (Phi) is 5.78. The van der Waals surface area contributed by atoms with Gasteiger partial charge < -0.3 is 10.1 Å². The van der Waals surface area contributed by atoms with E-state index >= 15 is 0 Å². The Balaban J connectivity index is 2.14. The minimum Gasteiger partial charge on any atom is -0.349 e. The summed E-state index contributed by atoms with van der Waals surface area (Å²) in [7, 11) is 0. The van der Waals surface area contributed by atoms with E-state index in [9.17, 15) is 0 Å². The van der Waals surface area contributed by atoms with Gasteiger partial charge >= 0.3 is 0 Å². The van der Waals surface area contributed by atoms with Crippen molar-refractivity contribution in [3.8, 4) is 12.3 Å². The molecule has 0 saturated carbocycles. The zero-order valence-corrected chi connectivity index (χ0v) is 9.51. The first-order valence-corrected chi connectivity index (χ1v) is 5.10. The summed E-state index contributed by atoms with van der Waals surface area (Å²) in [6.07, 6.45) is 5.02. The van der Waals surface area contributed by atoms with Crippen molar-refractivity contribution in [3.05, 3.63) is 30.3 Å². The van der Waals surface area contributed by atoms with Crippen molar-refractivity contribution in [2.24, 2.45) is 0 Å². The molecule has 0 atom stereocenters. The van der Waals surface area contributed by atoms with Gasteiger partial charge in [0.2, 0.25) is 0 Å². The third kappa shape index (κ3) is 5.20. The lowest BCUT2D eigenvalue weighted by atomic mass is 10.3. The number of hydrogen-bond acceptors (Lipinski definition) is 3. The molecule has 0 amide bonds. The molecule has 4 nitrogen and oxygen atoms in total. The van der Waals surface area contributed by atoms with Crippen LogP contribution in [0, 0.1) is 12.3 Å². The largest absolute Gasteiger partial charge is 0.349 e. The van der Waals surface area contributed by atoms with Gasteiger partial charge in [-0.15, -0.1) is 6.42 Å². The number of ether oxygens (including phenoxy) is 1. The van der Waals surface area contributed by atoms with E-state index in [2.05, 4.69) is 22.1 Å². The summed E-state index contributed by atoms with van der Waals surface area (Å²) in [6.45, 7) is 0.550. The van der Waals surface area contributed by atoms with E-state index in [1.807, 2.05) is 30.3 Å². The third-order valence-corrected chi connectivity index (χ3v) is 1.86. The summed E-state index contributed by atoms with van der Waals surface area (Å²) in [4.78, 5) is 0. The van der Waals surface area contributed by atoms with Crippen molar-refractivity contribution < 1.29 is 4.74 Å². The summed E-state index contributed by atoms with van der Waals surface area (Å²) >= 11 is 4.99. The molecule has 0 aliphatic rings. The second-order valence-electron chi connectivity index (χ2n) is 2.82. The number of hydrazine groups is 1. The molecule has 5 heteroatoms. The zero-order chi connectivity index (χ0) is 11.6. The maximum atomic E-state index is 5.02. The molecular formula is C11H13N3OS. The molecule has 0 aromatic heterocycles. The quantitative estimate of drug-likeness (QED) is 0.234. The van der Waals surface area contributed by atoms with Crippen molar-refractivity contribution in [2.45, 2.75) is 0 Å². The van der Waals surface area contributed by atoms with Crippen LogP contribution in [0.5, 0.6) is 0 Å². The van der Waals surface area contributed by atoms with Crippen molar-refractivity contribution in [2.75, 3.05) is 18.8 Å². The topological polar surface area (TPSA) is 45.3 Å². The number of hydrogen-bond donors (Lipinski definition) is 3. The number of terminal acetylenes is 1. The highest BCUT2D eigenvalue weighted by atomic mass is 32.1. The Morgan fingerprint density at radius 3 is 2.81 bits per heavy atom. The smallest absolute Gasteiger partial charge is 0.186 e. The molecule has 0 saturated heterocycles. The molecule has 1 aromatic carbocycles. The minimum atomic E-state index is 0.266. The van der Waals surface area contributed by atoms with E-state index in [0.717, 1.165) is 5.69 Å². The Hall–Kier alpha value is -1.77. The van der Waals surface area contributed by atoms with E-state index < -0.39 is 0 Å². The van der Waals surface area contributed by atoms with Crippen LogP contribution in [0.4, 0.5) is 5.69 Å². The van der Waals surface area contributed by atoms with Gasteiger partial charge in [-0.3, -0.25) is 10.9 Å². The highest BCUT2D eigenvalue weighted by Crippen LogP contribution is 2.02. The molecule has 84 valence electrons. The van der Waals surface area contributed by atoms with Crippen molar-refractivity contribution >= 4 is 23.0 Å². The van der Waals surface area contributed by atoms with E-state index in [4.69, 9.17) is 23.4 Å². The van der Waals surface area contributed by atoms with Crippen LogP contribution in [0.2, 0.25) is 0 Å². The maximum Gasteiger partial charge on any atom is 0.186 e. The van der Waals surface area contributed by atoms with Crippen LogP contribution in [0.15, 0.2) is 30.3 Å². The first-order chi connectivity index (χ1) is 7.83. The number of thiocarbonyl (C=S) groups is 1. The molecule has 0 aliphatic carbocycles. The Bertz CT molecular complexity index is 361. The number of nitrogens with one attached hydrogen (secondary N) is 3. The third-order valence-electron chi connectivity index (χ3n) is 1.61. The second kappa shape index (κ2) is 7.51. The first kappa shape index (κ1) is 12.3. The number of anilines is 1. The van der Waals surface area contributed by atoms with Gasteiger partial charge in [-0.25, -0.2) is 0 Å². The van der Waals surface area contributed by atoms with Gasteiger partial charge in [-0.1, -0.05) is 24.1 Å². The molecule has 0 spiro atoms. The Morgan fingerprint density at radius 2 is 2.12 bits per heavy atom. The summed E-state index contributed by atoms with van der Waals surface area (Å²) in [5.74, 6) is 2.36. The summed E-state index contributed by atoms with van der Waals surface area (Å²) in [6, 6.07) is 9.64. The first-order valence-electron chi connectivity index (χ1n) is 4.69. The molecule has 1 rings (SSSR count). The van der Waals surface area contributed by atoms with Gasteiger partial charge in [0, 0.05) is 0 Å². The van der Waals surface area contributed by atoms with Crippen LogP contribution >= 0.6 is 12.2 Å². The average Bonchev–Trinajstić information content (AvgIpc) is 2.33. The van der Waals surface area contributed by atoms with Crippen LogP contribution in [0.25, 0.3) is 0 Å². The van der Waals surface area contributed by atoms with E-state index in [0.29, 0.717) is 5.11 Å². The molecule has 0 unspecified atom stereocenters. The van der Waals surface area contributed by atoms with Gasteiger partial charge in [0.05, 0.1) is 5.69 Å². The van der Waals surface area contributed by atoms with E-state index in [1.54, 1.807) is 0 Å². The molecule has 0 heterocycles. The maximum absolute atomic E-state index is 5.02. The van der Waals surface area contributed by atoms with E-state index in [-0.39, 0.29) is 13.3 Å². The monoisotopic (exact) mass is 235 g/mol. The molecule has 0 aliphatic heterocycles. The summed E-state index contributed by atoms with van der Waals surface area (Å²) in [5.41, 5.74) is 6.68. The Morgan fingerprint density at radius 1 is 1.38 bits per heavy atom. The van der Waals surface area contributed by atoms with Gasteiger partial charge in [0.1, 0.15) is 13.3 Å². The zero-order valence-electron chi connectivity index (χ0n) is 8.69.